The van der Waals surface area contributed by atoms with Crippen LogP contribution in [0.1, 0.15) is 62.1 Å². The van der Waals surface area contributed by atoms with E-state index in [1.807, 2.05) is 9.80 Å². The van der Waals surface area contributed by atoms with Gasteiger partial charge in [0.05, 0.1) is 0 Å². The topological polar surface area (TPSA) is 181 Å². The number of amides is 6. The highest BCUT2D eigenvalue weighted by Gasteiger charge is 2.17. The van der Waals surface area contributed by atoms with E-state index in [9.17, 15) is 28.8 Å². The van der Waals surface area contributed by atoms with Gasteiger partial charge in [0.2, 0.25) is 0 Å². The Bertz CT molecular complexity index is 1420. The van der Waals surface area contributed by atoms with Crippen molar-refractivity contribution in [3.05, 3.63) is 106 Å². The summed E-state index contributed by atoms with van der Waals surface area (Å²) in [5.41, 5.74) is 2.03. The maximum atomic E-state index is 13.0. The largest absolute Gasteiger partial charge is 0.351 e. The third-order valence-corrected chi connectivity index (χ3v) is 8.44. The minimum absolute atomic E-state index is 0.265. The highest BCUT2D eigenvalue weighted by Crippen LogP contribution is 2.08. The number of rotatable bonds is 0. The molecule has 3 aliphatic rings. The number of carbonyl (C=O) groups is 6. The fourth-order valence-corrected chi connectivity index (χ4v) is 5.65. The molecule has 3 aromatic rings. The number of fused-ring (bicyclic) bond motifs is 18. The minimum Gasteiger partial charge on any atom is -0.351 e. The lowest BCUT2D eigenvalue weighted by molar-refractivity contribution is 0.0932. The average molecular weight is 683 g/mol. The molecule has 262 valence electrons. The van der Waals surface area contributed by atoms with E-state index < -0.39 is 0 Å². The summed E-state index contributed by atoms with van der Waals surface area (Å²) >= 11 is 0. The standard InChI is InChI=1S/C36H42N8O6/c45-31-25-4-1-5-26(22-25)32(46)38-11-17-44-19-13-40-34(48)28-7-2-6-27(23-28)33(47)39-12-18-43(16-10-37-31)20-14-41-35(49)29-8-3-9-30(24-29)36(50)42-15-21-44/h1-9,22-24H,10-21H2,(H,37,45)(H,38,46)(H,39,47)(H,40,48)(H,41,49)(H,42,50). The van der Waals surface area contributed by atoms with E-state index in [4.69, 9.17) is 0 Å². The fraction of sp³-hybridized carbons (Fsp3) is 0.333. The molecule has 6 N–H and O–H groups in total. The first-order valence-electron chi connectivity index (χ1n) is 16.7. The van der Waals surface area contributed by atoms with Crippen LogP contribution >= 0.6 is 0 Å². The van der Waals surface area contributed by atoms with E-state index in [0.717, 1.165) is 0 Å². The Morgan fingerprint density at radius 3 is 0.680 bits per heavy atom. The zero-order valence-electron chi connectivity index (χ0n) is 27.8. The third kappa shape index (κ3) is 10.2. The van der Waals surface area contributed by atoms with Crippen LogP contribution in [0.4, 0.5) is 0 Å². The van der Waals surface area contributed by atoms with E-state index in [0.29, 0.717) is 72.6 Å². The van der Waals surface area contributed by atoms with E-state index in [2.05, 4.69) is 31.9 Å². The van der Waals surface area contributed by atoms with E-state index >= 15 is 0 Å². The molecule has 8 bridgehead atoms. The molecule has 0 spiro atoms. The monoisotopic (exact) mass is 682 g/mol. The molecule has 3 aliphatic heterocycles. The van der Waals surface area contributed by atoms with Gasteiger partial charge in [-0.2, -0.15) is 0 Å². The summed E-state index contributed by atoms with van der Waals surface area (Å²) in [6.45, 7) is 4.00. The molecule has 0 aromatic heterocycles. The molecule has 0 aliphatic carbocycles. The Morgan fingerprint density at radius 1 is 0.320 bits per heavy atom. The zero-order chi connectivity index (χ0) is 35.3. The lowest BCUT2D eigenvalue weighted by atomic mass is 10.1. The first-order valence-corrected chi connectivity index (χ1v) is 16.7. The van der Waals surface area contributed by atoms with Crippen LogP contribution in [0.25, 0.3) is 0 Å². The van der Waals surface area contributed by atoms with Crippen LogP contribution in [0.2, 0.25) is 0 Å². The molecule has 0 saturated heterocycles. The van der Waals surface area contributed by atoms with Gasteiger partial charge in [-0.3, -0.25) is 38.6 Å². The summed E-state index contributed by atoms with van der Waals surface area (Å²) in [7, 11) is 0. The number of hydrogen-bond donors (Lipinski definition) is 6. The van der Waals surface area contributed by atoms with E-state index in [-0.39, 0.29) is 74.7 Å². The van der Waals surface area contributed by atoms with Crippen molar-refractivity contribution in [1.82, 2.24) is 41.7 Å². The summed E-state index contributed by atoms with van der Waals surface area (Å²) in [4.78, 5) is 82.2. The van der Waals surface area contributed by atoms with Crippen molar-refractivity contribution < 1.29 is 28.8 Å². The molecule has 0 saturated carbocycles. The van der Waals surface area contributed by atoms with Crippen LogP contribution in [-0.4, -0.2) is 124 Å². The van der Waals surface area contributed by atoms with Gasteiger partial charge < -0.3 is 31.9 Å². The third-order valence-electron chi connectivity index (χ3n) is 8.44. The van der Waals surface area contributed by atoms with Crippen LogP contribution < -0.4 is 31.9 Å². The van der Waals surface area contributed by atoms with E-state index in [1.54, 1.807) is 54.6 Å². The molecular weight excluding hydrogens is 640 g/mol. The number of carbonyl (C=O) groups excluding carboxylic acids is 6. The first kappa shape index (κ1) is 35.7. The SMILES string of the molecule is O=C1NCCN2CCNC(=O)c3cccc(c3)C(=O)NCCN(CCNC(=O)c3cccc1c3)CCNC(=O)c1cccc(c1)C(=O)NCC2. The van der Waals surface area contributed by atoms with E-state index in [1.165, 1.54) is 18.2 Å². The zero-order valence-corrected chi connectivity index (χ0v) is 27.8. The van der Waals surface area contributed by atoms with Crippen molar-refractivity contribution >= 4 is 35.4 Å². The van der Waals surface area contributed by atoms with Crippen molar-refractivity contribution in [2.75, 3.05) is 78.5 Å². The Kier molecular flexibility index (Phi) is 12.6. The molecule has 3 heterocycles. The summed E-state index contributed by atoms with van der Waals surface area (Å²) in [5.74, 6) is -2.00. The fourth-order valence-electron chi connectivity index (χ4n) is 5.65. The Hall–Kier alpha value is -5.60. The maximum Gasteiger partial charge on any atom is 0.251 e. The molecule has 14 nitrogen and oxygen atoms in total. The van der Waals surface area contributed by atoms with Gasteiger partial charge in [-0.25, -0.2) is 0 Å². The molecule has 0 atom stereocenters. The molecule has 6 rings (SSSR count). The second-order valence-electron chi connectivity index (χ2n) is 12.0. The summed E-state index contributed by atoms with van der Waals surface area (Å²) < 4.78 is 0. The quantitative estimate of drug-likeness (QED) is 0.193. The Labute approximate surface area is 290 Å². The van der Waals surface area contributed by atoms with Crippen molar-refractivity contribution in [2.45, 2.75) is 0 Å². The predicted molar refractivity (Wildman–Crippen MR) is 186 cm³/mol. The molecular formula is C36H42N8O6. The van der Waals surface area contributed by atoms with Crippen molar-refractivity contribution in [1.29, 1.82) is 0 Å². The van der Waals surface area contributed by atoms with Gasteiger partial charge in [-0.05, 0) is 54.6 Å². The van der Waals surface area contributed by atoms with Crippen molar-refractivity contribution in [3.63, 3.8) is 0 Å². The smallest absolute Gasteiger partial charge is 0.251 e. The molecule has 0 unspecified atom stereocenters. The van der Waals surface area contributed by atoms with Crippen LogP contribution in [0.3, 0.4) is 0 Å². The van der Waals surface area contributed by atoms with Crippen LogP contribution in [0.5, 0.6) is 0 Å². The van der Waals surface area contributed by atoms with Gasteiger partial charge in [0.25, 0.3) is 35.4 Å². The second-order valence-corrected chi connectivity index (χ2v) is 12.0. The van der Waals surface area contributed by atoms with Gasteiger partial charge in [0.15, 0.2) is 0 Å². The first-order chi connectivity index (χ1) is 24.3. The average Bonchev–Trinajstić information content (AvgIpc) is 3.13. The van der Waals surface area contributed by atoms with Gasteiger partial charge in [-0.15, -0.1) is 0 Å². The van der Waals surface area contributed by atoms with Crippen molar-refractivity contribution in [2.24, 2.45) is 0 Å². The number of nitrogens with zero attached hydrogens (tertiary/aromatic N) is 2. The highest BCUT2D eigenvalue weighted by molar-refractivity contribution is 6.01. The number of benzene rings is 3. The molecule has 3 aromatic carbocycles. The molecule has 50 heavy (non-hydrogen) atoms. The van der Waals surface area contributed by atoms with Gasteiger partial charge in [-0.1, -0.05) is 18.2 Å². The predicted octanol–water partition coefficient (Wildman–Crippen LogP) is 0.0970. The number of nitrogens with one attached hydrogen (secondary N) is 6. The molecule has 6 amide bonds. The van der Waals surface area contributed by atoms with Gasteiger partial charge >= 0.3 is 0 Å². The summed E-state index contributed by atoms with van der Waals surface area (Å²) in [6.07, 6.45) is 0. The number of hydrogen-bond acceptors (Lipinski definition) is 8. The molecule has 14 heteroatoms. The minimum atomic E-state index is -0.333. The van der Waals surface area contributed by atoms with Crippen molar-refractivity contribution in [3.8, 4) is 0 Å². The Balaban J connectivity index is 1.43. The highest BCUT2D eigenvalue weighted by atomic mass is 16.2. The van der Waals surface area contributed by atoms with Crippen LogP contribution in [0, 0.1) is 0 Å². The molecule has 0 radical (unpaired) electrons. The van der Waals surface area contributed by atoms with Gasteiger partial charge in [0, 0.05) is 112 Å². The lowest BCUT2D eigenvalue weighted by Crippen LogP contribution is -2.43. The van der Waals surface area contributed by atoms with Gasteiger partial charge in [0.1, 0.15) is 0 Å². The second kappa shape index (κ2) is 17.7. The van der Waals surface area contributed by atoms with Crippen LogP contribution in [0.15, 0.2) is 72.8 Å². The molecule has 0 fully saturated rings. The Morgan fingerprint density at radius 2 is 0.500 bits per heavy atom. The summed E-state index contributed by atoms with van der Waals surface area (Å²) in [6, 6.07) is 19.4. The summed E-state index contributed by atoms with van der Waals surface area (Å²) in [5, 5.41) is 17.4. The van der Waals surface area contributed by atoms with Crippen LogP contribution in [-0.2, 0) is 0 Å². The lowest BCUT2D eigenvalue weighted by Gasteiger charge is -2.23. The normalized spacial score (nSPS) is 20.6. The maximum absolute atomic E-state index is 13.0.